The van der Waals surface area contributed by atoms with Crippen LogP contribution in [0.25, 0.3) is 0 Å². The van der Waals surface area contributed by atoms with E-state index in [1.54, 1.807) is 19.3 Å². The first-order valence-corrected chi connectivity index (χ1v) is 6.55. The number of amides is 2. The van der Waals surface area contributed by atoms with E-state index < -0.39 is 18.0 Å². The first kappa shape index (κ1) is 13.2. The maximum absolute atomic E-state index is 13.4. The van der Waals surface area contributed by atoms with Crippen LogP contribution >= 0.6 is 11.5 Å². The van der Waals surface area contributed by atoms with E-state index in [-0.39, 0.29) is 6.42 Å². The quantitative estimate of drug-likeness (QED) is 0.921. The minimum absolute atomic E-state index is 0.142. The summed E-state index contributed by atoms with van der Waals surface area (Å²) < 4.78 is 30.7. The van der Waals surface area contributed by atoms with Gasteiger partial charge in [0.2, 0.25) is 0 Å². The number of alkyl halides is 2. The molecule has 1 aromatic rings. The zero-order valence-corrected chi connectivity index (χ0v) is 10.8. The molecular formula is C11H15F2N3OS. The van der Waals surface area contributed by atoms with Crippen LogP contribution in [-0.2, 0) is 6.54 Å². The largest absolute Gasteiger partial charge is 0.329 e. The van der Waals surface area contributed by atoms with Gasteiger partial charge in [-0.3, -0.25) is 0 Å². The molecule has 1 aliphatic rings. The molecule has 7 heteroatoms. The molecule has 0 aliphatic heterocycles. The van der Waals surface area contributed by atoms with Gasteiger partial charge in [0.25, 0.3) is 5.92 Å². The Morgan fingerprint density at radius 1 is 1.72 bits per heavy atom. The molecule has 1 aromatic heterocycles. The summed E-state index contributed by atoms with van der Waals surface area (Å²) in [6, 6.07) is 0.308. The highest BCUT2D eigenvalue weighted by Crippen LogP contribution is 2.35. The van der Waals surface area contributed by atoms with Crippen LogP contribution in [0.5, 0.6) is 0 Å². The minimum atomic E-state index is -2.78. The molecule has 1 fully saturated rings. The summed E-state index contributed by atoms with van der Waals surface area (Å²) >= 11 is 1.29. The monoisotopic (exact) mass is 275 g/mol. The summed E-state index contributed by atoms with van der Waals surface area (Å²) in [5.41, 5.74) is 0. The second kappa shape index (κ2) is 5.17. The van der Waals surface area contributed by atoms with Crippen LogP contribution in [0.4, 0.5) is 13.6 Å². The van der Waals surface area contributed by atoms with Gasteiger partial charge in [-0.2, -0.15) is 0 Å². The van der Waals surface area contributed by atoms with E-state index in [4.69, 9.17) is 0 Å². The lowest BCUT2D eigenvalue weighted by molar-refractivity contribution is -0.0155. The Morgan fingerprint density at radius 3 is 3.06 bits per heavy atom. The fraction of sp³-hybridized carbons (Fsp3) is 0.636. The molecule has 1 heterocycles. The summed E-state index contributed by atoms with van der Waals surface area (Å²) in [6.45, 7) is 0.384. The number of hydrogen-bond acceptors (Lipinski definition) is 3. The highest BCUT2D eigenvalue weighted by molar-refractivity contribution is 7.05. The van der Waals surface area contributed by atoms with Gasteiger partial charge >= 0.3 is 6.03 Å². The third-order valence-corrected chi connectivity index (χ3v) is 3.77. The molecule has 0 radical (unpaired) electrons. The zero-order chi connectivity index (χ0) is 13.2. The predicted octanol–water partition coefficient (Wildman–Crippen LogP) is 2.47. The normalized spacial score (nSPS) is 21.8. The summed E-state index contributed by atoms with van der Waals surface area (Å²) in [5, 5.41) is 2.40. The molecule has 1 saturated carbocycles. The number of hydrogen-bond donors (Lipinski definition) is 1. The smallest absolute Gasteiger partial charge is 0.317 e. The average Bonchev–Trinajstić information content (AvgIpc) is 2.89. The standard InChI is InChI=1S/C11H15F2N3OS/c1-16(7-8-4-6-14-18-8)10(17)15-9-3-2-5-11(9,12)13/h4,6,9H,2-3,5,7H2,1H3,(H,15,17)/t9-/m0/s1. The maximum atomic E-state index is 13.4. The van der Waals surface area contributed by atoms with E-state index in [0.717, 1.165) is 4.88 Å². The Morgan fingerprint density at radius 2 is 2.50 bits per heavy atom. The molecule has 0 spiro atoms. The van der Waals surface area contributed by atoms with Crippen molar-refractivity contribution in [2.75, 3.05) is 7.05 Å². The summed E-state index contributed by atoms with van der Waals surface area (Å²) in [6.07, 6.45) is 2.30. The second-order valence-corrected chi connectivity index (χ2v) is 5.41. The average molecular weight is 275 g/mol. The molecule has 0 unspecified atom stereocenters. The Bertz CT molecular complexity index is 410. The molecule has 100 valence electrons. The van der Waals surface area contributed by atoms with Crippen LogP contribution in [0, 0.1) is 0 Å². The van der Waals surface area contributed by atoms with E-state index in [1.807, 2.05) is 0 Å². The highest BCUT2D eigenvalue weighted by Gasteiger charge is 2.44. The third-order valence-electron chi connectivity index (χ3n) is 3.04. The molecule has 0 saturated heterocycles. The molecule has 2 rings (SSSR count). The number of nitrogens with zero attached hydrogens (tertiary/aromatic N) is 2. The minimum Gasteiger partial charge on any atom is -0.329 e. The molecule has 0 aromatic carbocycles. The van der Waals surface area contributed by atoms with Crippen molar-refractivity contribution in [1.29, 1.82) is 0 Å². The first-order chi connectivity index (χ1) is 8.49. The van der Waals surface area contributed by atoms with E-state index in [0.29, 0.717) is 19.4 Å². The van der Waals surface area contributed by atoms with Crippen LogP contribution in [-0.4, -0.2) is 34.3 Å². The topological polar surface area (TPSA) is 45.2 Å². The van der Waals surface area contributed by atoms with Crippen LogP contribution in [0.2, 0.25) is 0 Å². The lowest BCUT2D eigenvalue weighted by Gasteiger charge is -2.24. The van der Waals surface area contributed by atoms with Gasteiger partial charge in [-0.25, -0.2) is 17.9 Å². The maximum Gasteiger partial charge on any atom is 0.317 e. The molecule has 1 aliphatic carbocycles. The van der Waals surface area contributed by atoms with Crippen molar-refractivity contribution in [2.45, 2.75) is 37.8 Å². The van der Waals surface area contributed by atoms with Crippen molar-refractivity contribution in [3.63, 3.8) is 0 Å². The highest BCUT2D eigenvalue weighted by atomic mass is 32.1. The van der Waals surface area contributed by atoms with Crippen molar-refractivity contribution in [1.82, 2.24) is 14.6 Å². The molecule has 2 amide bonds. The molecular weight excluding hydrogens is 260 g/mol. The van der Waals surface area contributed by atoms with Crippen LogP contribution in [0.15, 0.2) is 12.3 Å². The van der Waals surface area contributed by atoms with Gasteiger partial charge in [-0.05, 0) is 30.4 Å². The Hall–Kier alpha value is -1.24. The number of aromatic nitrogens is 1. The third kappa shape index (κ3) is 2.95. The van der Waals surface area contributed by atoms with Gasteiger partial charge in [-0.1, -0.05) is 0 Å². The number of rotatable bonds is 3. The van der Waals surface area contributed by atoms with E-state index in [9.17, 15) is 13.6 Å². The Balaban J connectivity index is 1.88. The first-order valence-electron chi connectivity index (χ1n) is 5.78. The second-order valence-electron chi connectivity index (χ2n) is 4.49. The molecule has 4 nitrogen and oxygen atoms in total. The zero-order valence-electron chi connectivity index (χ0n) is 10.0. The number of carbonyl (C=O) groups excluding carboxylic acids is 1. The van der Waals surface area contributed by atoms with Crippen molar-refractivity contribution in [2.24, 2.45) is 0 Å². The van der Waals surface area contributed by atoms with Crippen LogP contribution < -0.4 is 5.32 Å². The summed E-state index contributed by atoms with van der Waals surface area (Å²) in [4.78, 5) is 14.1. The molecule has 1 atom stereocenters. The number of nitrogens with one attached hydrogen (secondary N) is 1. The van der Waals surface area contributed by atoms with Gasteiger partial charge in [0.05, 0.1) is 12.6 Å². The molecule has 18 heavy (non-hydrogen) atoms. The van der Waals surface area contributed by atoms with Gasteiger partial charge in [0.15, 0.2) is 0 Å². The van der Waals surface area contributed by atoms with Crippen molar-refractivity contribution in [3.05, 3.63) is 17.1 Å². The fourth-order valence-electron chi connectivity index (χ4n) is 1.99. The van der Waals surface area contributed by atoms with E-state index in [1.165, 1.54) is 16.4 Å². The lowest BCUT2D eigenvalue weighted by Crippen LogP contribution is -2.48. The van der Waals surface area contributed by atoms with Crippen LogP contribution in [0.1, 0.15) is 24.1 Å². The fourth-order valence-corrected chi connectivity index (χ4v) is 2.62. The SMILES string of the molecule is CN(Cc1ccns1)C(=O)N[C@H]1CCCC1(F)F. The predicted molar refractivity (Wildman–Crippen MR) is 64.7 cm³/mol. The Kier molecular flexibility index (Phi) is 3.79. The van der Waals surface area contributed by atoms with E-state index in [2.05, 4.69) is 9.69 Å². The van der Waals surface area contributed by atoms with Crippen molar-refractivity contribution >= 4 is 17.6 Å². The van der Waals surface area contributed by atoms with Gasteiger partial charge in [0, 0.05) is 24.5 Å². The Labute approximate surface area is 108 Å². The van der Waals surface area contributed by atoms with Gasteiger partial charge < -0.3 is 10.2 Å². The molecule has 1 N–H and O–H groups in total. The van der Waals surface area contributed by atoms with Crippen molar-refractivity contribution in [3.8, 4) is 0 Å². The van der Waals surface area contributed by atoms with Crippen LogP contribution in [0.3, 0.4) is 0 Å². The van der Waals surface area contributed by atoms with Crippen molar-refractivity contribution < 1.29 is 13.6 Å². The summed E-state index contributed by atoms with van der Waals surface area (Å²) in [5.74, 6) is -2.78. The van der Waals surface area contributed by atoms with E-state index >= 15 is 0 Å². The van der Waals surface area contributed by atoms with Gasteiger partial charge in [-0.15, -0.1) is 0 Å². The number of carbonyl (C=O) groups is 1. The molecule has 0 bridgehead atoms. The lowest BCUT2D eigenvalue weighted by atomic mass is 10.2. The number of halogens is 2. The number of urea groups is 1. The summed E-state index contributed by atoms with van der Waals surface area (Å²) in [7, 11) is 1.59. The van der Waals surface area contributed by atoms with Gasteiger partial charge in [0.1, 0.15) is 0 Å².